The maximum Gasteiger partial charge on any atom is 0.181 e. The predicted molar refractivity (Wildman–Crippen MR) is 594 cm³/mol. The lowest BCUT2D eigenvalue weighted by atomic mass is 10.1. The first-order chi connectivity index (χ1) is 70.6. The standard InChI is InChI=1S/C34H26N2Si.2C32H24N4Si.C29H23NSi/c1-5-13-27(14-6-1)31-25-35-23-21-33(31)37(29-17-9-3-10-18-29,30-19-11-4-12-20-30)34-22-24-36-26-32(34)28-15-7-2-8-16-28;1-3-11-27(12-4-1)37(28-13-5-2-6-14-28,31-15-19-35-23-29(31)25-9-7-17-33-21-25)32-16-20-36-24-30(32)26-10-8-18-34-22-26;1-3-11-25(12-4-1)37(26-13-5-2-6-14-26,31-17-21-33-23-27(31)29-15-7-9-19-35-29)32-18-22-34-24-28(32)30-16-8-10-20-36-30;1-5-13-24(14-6-1)28-23-30-22-21-29(28)31(25-15-7-2-8-16-25,26-17-9-3-10-18-26)27-19-11-4-12-20-27/h1-26H;2*1-24H;1-23H. The summed E-state index contributed by atoms with van der Waals surface area (Å²) in [6, 6.07) is 166. The first kappa shape index (κ1) is 91.9. The number of benzene rings is 12. The summed E-state index contributed by atoms with van der Waals surface area (Å²) in [5, 5.41) is 20.8. The van der Waals surface area contributed by atoms with Gasteiger partial charge in [-0.25, -0.2) is 0 Å². The van der Waals surface area contributed by atoms with E-state index in [9.17, 15) is 0 Å². The maximum atomic E-state index is 4.74. The molecule has 11 nitrogen and oxygen atoms in total. The van der Waals surface area contributed by atoms with Crippen molar-refractivity contribution in [1.29, 1.82) is 0 Å². The van der Waals surface area contributed by atoms with Gasteiger partial charge in [0.1, 0.15) is 0 Å². The van der Waals surface area contributed by atoms with Crippen molar-refractivity contribution in [3.05, 3.63) is 591 Å². The van der Waals surface area contributed by atoms with Crippen LogP contribution in [0, 0.1) is 0 Å². The summed E-state index contributed by atoms with van der Waals surface area (Å²) in [5.74, 6) is 0. The molecule has 0 saturated carbocycles. The summed E-state index contributed by atoms with van der Waals surface area (Å²) in [6.07, 6.45) is 38.5. The molecule has 0 bridgehead atoms. The Kier molecular flexibility index (Phi) is 28.5. The van der Waals surface area contributed by atoms with E-state index in [2.05, 4.69) is 476 Å². The summed E-state index contributed by atoms with van der Waals surface area (Å²) in [7, 11) is -11.2. The molecule has 0 aliphatic carbocycles. The van der Waals surface area contributed by atoms with E-state index in [-0.39, 0.29) is 0 Å². The Bertz CT molecular complexity index is 6910. The van der Waals surface area contributed by atoms with Gasteiger partial charge in [0.2, 0.25) is 0 Å². The van der Waals surface area contributed by atoms with Crippen LogP contribution in [-0.4, -0.2) is 87.1 Å². The Morgan fingerprint density at radius 2 is 0.282 bits per heavy atom. The van der Waals surface area contributed by atoms with Gasteiger partial charge in [-0.05, 0) is 179 Å². The monoisotopic (exact) mass is 1890 g/mol. The van der Waals surface area contributed by atoms with Gasteiger partial charge in [0.15, 0.2) is 32.3 Å². The quantitative estimate of drug-likeness (QED) is 0.0446. The topological polar surface area (TPSA) is 142 Å². The molecule has 0 saturated heterocycles. The van der Waals surface area contributed by atoms with E-state index in [1.165, 1.54) is 116 Å². The fourth-order valence-corrected chi connectivity index (χ4v) is 40.8. The third kappa shape index (κ3) is 18.5. The molecular formula is C127H97N11Si4. The van der Waals surface area contributed by atoms with Gasteiger partial charge in [0, 0.05) is 174 Å². The van der Waals surface area contributed by atoms with Crippen molar-refractivity contribution in [2.45, 2.75) is 0 Å². The number of aromatic nitrogens is 11. The molecule has 0 aliphatic heterocycles. The van der Waals surface area contributed by atoms with Crippen molar-refractivity contribution in [2.24, 2.45) is 0 Å². The number of hydrogen-bond acceptors (Lipinski definition) is 11. The first-order valence-electron chi connectivity index (χ1n) is 47.5. The van der Waals surface area contributed by atoms with E-state index >= 15 is 0 Å². The Labute approximate surface area is 833 Å². The fourth-order valence-electron chi connectivity index (χ4n) is 20.5. The minimum absolute atomic E-state index is 0.905. The fraction of sp³-hybridized carbons (Fsp3) is 0. The molecule has 0 fully saturated rings. The van der Waals surface area contributed by atoms with Gasteiger partial charge in [0.25, 0.3) is 0 Å². The van der Waals surface area contributed by atoms with Crippen LogP contribution < -0.4 is 83.0 Å². The third-order valence-corrected chi connectivity index (χ3v) is 46.0. The second-order valence-electron chi connectivity index (χ2n) is 34.3. The molecule has 11 aromatic heterocycles. The minimum atomic E-state index is -2.91. The zero-order chi connectivity index (χ0) is 95.7. The van der Waals surface area contributed by atoms with Crippen LogP contribution in [-0.2, 0) is 0 Å². The van der Waals surface area contributed by atoms with E-state index in [1.807, 2.05) is 160 Å². The number of rotatable bonds is 23. The summed E-state index contributed by atoms with van der Waals surface area (Å²) in [5.41, 5.74) is 15.2. The average Bonchev–Trinajstić information content (AvgIpc) is 0.733. The molecular weight excluding hydrogens is 1790 g/mol. The third-order valence-electron chi connectivity index (χ3n) is 26.5. The molecule has 23 aromatic rings. The molecule has 0 N–H and O–H groups in total. The van der Waals surface area contributed by atoms with Crippen molar-refractivity contribution < 1.29 is 0 Å². The van der Waals surface area contributed by atoms with Gasteiger partial charge in [-0.1, -0.05) is 388 Å². The summed E-state index contributed by atoms with van der Waals surface area (Å²) in [6.45, 7) is 0. The van der Waals surface area contributed by atoms with Gasteiger partial charge in [-0.15, -0.1) is 0 Å². The lowest BCUT2D eigenvalue weighted by Crippen LogP contribution is -2.75. The van der Waals surface area contributed by atoms with E-state index < -0.39 is 32.3 Å². The highest BCUT2D eigenvalue weighted by atomic mass is 28.3. The van der Waals surface area contributed by atoms with Crippen molar-refractivity contribution in [3.63, 3.8) is 0 Å². The van der Waals surface area contributed by atoms with E-state index in [0.29, 0.717) is 0 Å². The van der Waals surface area contributed by atoms with Crippen molar-refractivity contribution in [1.82, 2.24) is 54.8 Å². The van der Waals surface area contributed by atoms with Gasteiger partial charge in [-0.3, -0.25) is 54.8 Å². The Morgan fingerprint density at radius 3 is 0.486 bits per heavy atom. The normalized spacial score (nSPS) is 11.2. The number of hydrogen-bond donors (Lipinski definition) is 0. The molecule has 0 spiro atoms. The summed E-state index contributed by atoms with van der Waals surface area (Å²) >= 11 is 0. The Balaban J connectivity index is 0.000000116. The molecule has 0 unspecified atom stereocenters. The summed E-state index contributed by atoms with van der Waals surface area (Å²) < 4.78 is 0. The lowest BCUT2D eigenvalue weighted by Gasteiger charge is -2.37. The zero-order valence-electron chi connectivity index (χ0n) is 77.9. The molecule has 0 amide bonds. The molecule has 142 heavy (non-hydrogen) atoms. The van der Waals surface area contributed by atoms with Crippen LogP contribution in [0.15, 0.2) is 591 Å². The van der Waals surface area contributed by atoms with Crippen LogP contribution in [0.2, 0.25) is 0 Å². The van der Waals surface area contributed by atoms with Crippen molar-refractivity contribution >= 4 is 115 Å². The molecule has 0 radical (unpaired) electrons. The smallest absolute Gasteiger partial charge is 0.181 e. The summed E-state index contributed by atoms with van der Waals surface area (Å²) in [4.78, 5) is 50.4. The van der Waals surface area contributed by atoms with Crippen molar-refractivity contribution in [2.75, 3.05) is 0 Å². The van der Waals surface area contributed by atoms with E-state index in [1.54, 1.807) is 0 Å². The SMILES string of the molecule is c1ccc(-c2cnccc2[Si](c2ccccc2)(c2ccccc2)c2ccccc2)cc1.c1ccc(-c2cnccc2[Si](c2ccccc2)(c2ccccc2)c2ccncc2-c2ccccc2)cc1.c1ccc([Si](c2ccccc2)(c2ccncc2-c2ccccn2)c2ccncc2-c2ccccn2)cc1.c1ccc([Si](c2ccccc2)(c2ccncc2-c2cccnc2)c2ccncc2-c2cccnc2)cc1. The number of pyridine rings is 11. The molecule has 11 heterocycles. The minimum Gasteiger partial charge on any atom is -0.264 e. The largest absolute Gasteiger partial charge is 0.264 e. The average molecular weight is 1890 g/mol. The zero-order valence-corrected chi connectivity index (χ0v) is 81.9. The molecule has 0 atom stereocenters. The molecule has 23 rings (SSSR count). The highest BCUT2D eigenvalue weighted by Gasteiger charge is 2.49. The van der Waals surface area contributed by atoms with Gasteiger partial charge < -0.3 is 0 Å². The molecule has 12 aromatic carbocycles. The second kappa shape index (κ2) is 44.1. The van der Waals surface area contributed by atoms with Crippen LogP contribution in [0.3, 0.4) is 0 Å². The second-order valence-corrected chi connectivity index (χ2v) is 49.2. The van der Waals surface area contributed by atoms with Crippen LogP contribution in [0.1, 0.15) is 0 Å². The molecule has 676 valence electrons. The van der Waals surface area contributed by atoms with Gasteiger partial charge in [0.05, 0.1) is 11.4 Å². The highest BCUT2D eigenvalue weighted by Crippen LogP contribution is 2.31. The Morgan fingerprint density at radius 1 is 0.113 bits per heavy atom. The molecule has 0 aliphatic rings. The van der Waals surface area contributed by atoms with Gasteiger partial charge >= 0.3 is 0 Å². The molecule has 15 heteroatoms. The number of nitrogens with zero attached hydrogens (tertiary/aromatic N) is 11. The van der Waals surface area contributed by atoms with E-state index in [4.69, 9.17) is 9.97 Å². The van der Waals surface area contributed by atoms with Gasteiger partial charge in [-0.2, -0.15) is 0 Å². The lowest BCUT2D eigenvalue weighted by molar-refractivity contribution is 1.28. The Hall–Kier alpha value is -17.8. The first-order valence-corrected chi connectivity index (χ1v) is 55.5. The van der Waals surface area contributed by atoms with Crippen LogP contribution in [0.5, 0.6) is 0 Å². The predicted octanol–water partition coefficient (Wildman–Crippen LogP) is 17.3. The highest BCUT2D eigenvalue weighted by molar-refractivity contribution is 7.23. The van der Waals surface area contributed by atoms with Crippen LogP contribution >= 0.6 is 0 Å². The van der Waals surface area contributed by atoms with Crippen LogP contribution in [0.4, 0.5) is 0 Å². The maximum absolute atomic E-state index is 4.74. The van der Waals surface area contributed by atoms with Crippen LogP contribution in [0.25, 0.3) is 78.1 Å². The van der Waals surface area contributed by atoms with Crippen molar-refractivity contribution in [3.8, 4) is 78.1 Å². The van der Waals surface area contributed by atoms with E-state index in [0.717, 1.165) is 44.8 Å².